The summed E-state index contributed by atoms with van der Waals surface area (Å²) in [5.41, 5.74) is 0.514. The zero-order valence-corrected chi connectivity index (χ0v) is 21.1. The molecule has 2 heterocycles. The summed E-state index contributed by atoms with van der Waals surface area (Å²) in [5.74, 6) is -2.26. The average molecular weight is 520 g/mol. The van der Waals surface area contributed by atoms with Gasteiger partial charge in [0.1, 0.15) is 0 Å². The molecule has 11 nitrogen and oxygen atoms in total. The maximum absolute atomic E-state index is 13.1. The van der Waals surface area contributed by atoms with Crippen LogP contribution in [0.4, 0.5) is 16.2 Å². The lowest BCUT2D eigenvalue weighted by molar-refractivity contribution is 0.0482. The van der Waals surface area contributed by atoms with E-state index in [4.69, 9.17) is 18.3 Å². The summed E-state index contributed by atoms with van der Waals surface area (Å²) in [6.07, 6.45) is 0. The molecule has 0 spiro atoms. The van der Waals surface area contributed by atoms with E-state index >= 15 is 0 Å². The summed E-state index contributed by atoms with van der Waals surface area (Å²) >= 11 is 0. The first-order valence-corrected chi connectivity index (χ1v) is 11.7. The highest BCUT2D eigenvalue weighted by Gasteiger charge is 2.20. The monoisotopic (exact) mass is 520 g/mol. The van der Waals surface area contributed by atoms with Gasteiger partial charge in [0, 0.05) is 12.1 Å². The van der Waals surface area contributed by atoms with Crippen molar-refractivity contribution in [1.82, 2.24) is 0 Å². The molecule has 196 valence electrons. The molecule has 0 aliphatic rings. The van der Waals surface area contributed by atoms with E-state index in [0.29, 0.717) is 11.1 Å². The van der Waals surface area contributed by atoms with Crippen molar-refractivity contribution in [3.63, 3.8) is 0 Å². The van der Waals surface area contributed by atoms with Crippen molar-refractivity contribution in [2.24, 2.45) is 0 Å². The second-order valence-electron chi connectivity index (χ2n) is 8.35. The van der Waals surface area contributed by atoms with Gasteiger partial charge in [-0.2, -0.15) is 0 Å². The lowest BCUT2D eigenvalue weighted by atomic mass is 10.1. The Labute approximate surface area is 215 Å². The van der Waals surface area contributed by atoms with Crippen LogP contribution in [0.5, 0.6) is 0 Å². The highest BCUT2D eigenvalue weighted by atomic mass is 16.5. The van der Waals surface area contributed by atoms with Gasteiger partial charge < -0.3 is 28.9 Å². The highest BCUT2D eigenvalue weighted by molar-refractivity contribution is 6.08. The van der Waals surface area contributed by atoms with Crippen LogP contribution in [-0.4, -0.2) is 31.2 Å². The summed E-state index contributed by atoms with van der Waals surface area (Å²) < 4.78 is 21.1. The molecule has 11 heteroatoms. The van der Waals surface area contributed by atoms with E-state index in [1.54, 1.807) is 52.0 Å². The second kappa shape index (κ2) is 10.6. The van der Waals surface area contributed by atoms with Crippen molar-refractivity contribution in [2.75, 3.05) is 23.8 Å². The predicted octanol–water partition coefficient (Wildman–Crippen LogP) is 4.51. The molecular formula is C27H24N2O9. The normalized spacial score (nSPS) is 10.8. The van der Waals surface area contributed by atoms with Crippen molar-refractivity contribution >= 4 is 51.3 Å². The van der Waals surface area contributed by atoms with E-state index in [9.17, 15) is 24.0 Å². The number of anilines is 2. The number of hydrogen-bond acceptors (Lipinski definition) is 9. The van der Waals surface area contributed by atoms with E-state index < -0.39 is 28.8 Å². The van der Waals surface area contributed by atoms with Gasteiger partial charge in [-0.3, -0.25) is 9.59 Å². The van der Waals surface area contributed by atoms with Crippen molar-refractivity contribution in [3.8, 4) is 0 Å². The third-order valence-corrected chi connectivity index (χ3v) is 5.40. The fourth-order valence-corrected chi connectivity index (χ4v) is 3.87. The molecule has 0 bridgehead atoms. The molecular weight excluding hydrogens is 496 g/mol. The fraction of sp³-hybridized carbons (Fsp3) is 0.222. The molecule has 0 aliphatic carbocycles. The molecule has 4 rings (SSSR count). The number of nitrogens with one attached hydrogen (secondary N) is 2. The number of fused-ring (bicyclic) bond motifs is 2. The van der Waals surface area contributed by atoms with Gasteiger partial charge >= 0.3 is 18.0 Å². The summed E-state index contributed by atoms with van der Waals surface area (Å²) in [5, 5.41) is 5.52. The number of hydrogen-bond donors (Lipinski definition) is 2. The largest absolute Gasteiger partial charge is 0.460 e. The number of esters is 2. The van der Waals surface area contributed by atoms with Crippen LogP contribution in [0.1, 0.15) is 46.1 Å². The SMILES string of the molecule is CCOC(=O)c1cc(=O)c2cc(C)cc(NC(=O)Nc3cc(C)cc4c(=O)cc(C(=O)OCC)oc34)c2o1. The standard InChI is InChI=1S/C27H24N2O9/c1-5-35-25(32)21-11-19(30)15-7-13(3)9-17(23(15)37-21)28-27(34)29-18-10-14(4)8-16-20(31)12-22(38-24(16)18)26(33)36-6-2/h7-12H,5-6H2,1-4H3,(H2,28,29,34). The molecule has 0 unspecified atom stereocenters. The third-order valence-electron chi connectivity index (χ3n) is 5.40. The number of amides is 2. The van der Waals surface area contributed by atoms with Crippen LogP contribution in [0.25, 0.3) is 21.9 Å². The Hall–Kier alpha value is -4.93. The first-order valence-electron chi connectivity index (χ1n) is 11.7. The minimum Gasteiger partial charge on any atom is -0.460 e. The molecule has 0 radical (unpaired) electrons. The Kier molecular flexibility index (Phi) is 7.28. The molecule has 0 saturated carbocycles. The van der Waals surface area contributed by atoms with Gasteiger partial charge in [0.05, 0.1) is 35.4 Å². The molecule has 0 saturated heterocycles. The summed E-state index contributed by atoms with van der Waals surface area (Å²) in [6.45, 7) is 6.84. The number of rotatable bonds is 6. The minimum absolute atomic E-state index is 0.0217. The summed E-state index contributed by atoms with van der Waals surface area (Å²) in [4.78, 5) is 62.7. The molecule has 0 fully saturated rings. The van der Waals surface area contributed by atoms with Crippen LogP contribution in [0, 0.1) is 13.8 Å². The van der Waals surface area contributed by atoms with Crippen molar-refractivity contribution in [3.05, 3.63) is 79.5 Å². The summed E-state index contributed by atoms with van der Waals surface area (Å²) in [6, 6.07) is 7.56. The lowest BCUT2D eigenvalue weighted by Gasteiger charge is -2.13. The van der Waals surface area contributed by atoms with Gasteiger partial charge in [-0.05, 0) is 63.1 Å². The van der Waals surface area contributed by atoms with Crippen LogP contribution in [0.15, 0.2) is 54.8 Å². The quantitative estimate of drug-likeness (QED) is 0.349. The average Bonchev–Trinajstić information content (AvgIpc) is 2.85. The number of aryl methyl sites for hydroxylation is 2. The molecule has 2 amide bonds. The van der Waals surface area contributed by atoms with Crippen molar-refractivity contribution < 1.29 is 32.7 Å². The smallest absolute Gasteiger partial charge is 0.374 e. The zero-order chi connectivity index (χ0) is 27.6. The van der Waals surface area contributed by atoms with Crippen LogP contribution in [0.3, 0.4) is 0 Å². The van der Waals surface area contributed by atoms with Crippen molar-refractivity contribution in [1.29, 1.82) is 0 Å². The van der Waals surface area contributed by atoms with E-state index in [-0.39, 0.29) is 58.0 Å². The van der Waals surface area contributed by atoms with Gasteiger partial charge in [0.25, 0.3) is 0 Å². The molecule has 4 aromatic rings. The first kappa shape index (κ1) is 26.1. The van der Waals surface area contributed by atoms with Gasteiger partial charge in [0.2, 0.25) is 11.5 Å². The lowest BCUT2D eigenvalue weighted by Crippen LogP contribution is -2.21. The number of benzene rings is 2. The number of ether oxygens (including phenoxy) is 2. The number of carbonyl (C=O) groups excluding carboxylic acids is 3. The maximum Gasteiger partial charge on any atom is 0.374 e. The van der Waals surface area contributed by atoms with Crippen LogP contribution in [0.2, 0.25) is 0 Å². The Balaban J connectivity index is 1.74. The molecule has 0 aliphatic heterocycles. The predicted molar refractivity (Wildman–Crippen MR) is 139 cm³/mol. The molecule has 2 aromatic carbocycles. The summed E-state index contributed by atoms with van der Waals surface area (Å²) in [7, 11) is 0. The van der Waals surface area contributed by atoms with Gasteiger partial charge in [-0.1, -0.05) is 0 Å². The molecule has 2 N–H and O–H groups in total. The Morgan fingerprint density at radius 2 is 1.08 bits per heavy atom. The Bertz CT molecular complexity index is 1590. The van der Waals surface area contributed by atoms with E-state index in [2.05, 4.69) is 10.6 Å². The van der Waals surface area contributed by atoms with Gasteiger partial charge in [-0.15, -0.1) is 0 Å². The highest BCUT2D eigenvalue weighted by Crippen LogP contribution is 2.27. The molecule has 2 aromatic heterocycles. The van der Waals surface area contributed by atoms with E-state index in [1.165, 1.54) is 0 Å². The minimum atomic E-state index is -0.818. The fourth-order valence-electron chi connectivity index (χ4n) is 3.87. The van der Waals surface area contributed by atoms with Gasteiger partial charge in [0.15, 0.2) is 22.0 Å². The number of carbonyl (C=O) groups is 3. The Morgan fingerprint density at radius 3 is 1.45 bits per heavy atom. The third kappa shape index (κ3) is 5.26. The van der Waals surface area contributed by atoms with Crippen LogP contribution in [-0.2, 0) is 9.47 Å². The van der Waals surface area contributed by atoms with E-state index in [1.807, 2.05) is 0 Å². The maximum atomic E-state index is 13.1. The van der Waals surface area contributed by atoms with Gasteiger partial charge in [-0.25, -0.2) is 14.4 Å². The molecule has 0 atom stereocenters. The first-order chi connectivity index (χ1) is 18.1. The van der Waals surface area contributed by atoms with Crippen molar-refractivity contribution in [2.45, 2.75) is 27.7 Å². The number of urea groups is 1. The Morgan fingerprint density at radius 1 is 0.684 bits per heavy atom. The van der Waals surface area contributed by atoms with Crippen LogP contribution < -0.4 is 21.5 Å². The van der Waals surface area contributed by atoms with E-state index in [0.717, 1.165) is 12.1 Å². The second-order valence-corrected chi connectivity index (χ2v) is 8.35. The molecule has 38 heavy (non-hydrogen) atoms. The van der Waals surface area contributed by atoms with Crippen LogP contribution >= 0.6 is 0 Å². The zero-order valence-electron chi connectivity index (χ0n) is 21.1. The topological polar surface area (TPSA) is 154 Å².